The highest BCUT2D eigenvalue weighted by atomic mass is 16.2. The van der Waals surface area contributed by atoms with Crippen LogP contribution in [-0.2, 0) is 10.2 Å². The number of likely N-dealkylation sites (N-methyl/N-ethyl adjacent to an activating group) is 1. The molecule has 2 aromatic rings. The summed E-state index contributed by atoms with van der Waals surface area (Å²) in [5.74, 6) is 1.10. The smallest absolute Gasteiger partial charge is 0.245 e. The molecule has 3 rings (SSSR count). The summed E-state index contributed by atoms with van der Waals surface area (Å²) in [5.41, 5.74) is 8.29. The van der Waals surface area contributed by atoms with Crippen molar-refractivity contribution in [3.05, 3.63) is 24.0 Å². The molecule has 1 amide bonds. The summed E-state index contributed by atoms with van der Waals surface area (Å²) in [7, 11) is 1.86. The van der Waals surface area contributed by atoms with Crippen LogP contribution < -0.4 is 5.73 Å². The predicted octanol–water partition coefficient (Wildman–Crippen LogP) is 2.32. The van der Waals surface area contributed by atoms with E-state index in [0.717, 1.165) is 29.8 Å². The zero-order chi connectivity index (χ0) is 15.4. The van der Waals surface area contributed by atoms with Crippen LogP contribution in [0.3, 0.4) is 0 Å². The lowest BCUT2D eigenvalue weighted by atomic mass is 9.95. The first kappa shape index (κ1) is 13.9. The highest BCUT2D eigenvalue weighted by Gasteiger charge is 2.35. The van der Waals surface area contributed by atoms with Gasteiger partial charge in [0.1, 0.15) is 11.9 Å². The van der Waals surface area contributed by atoms with Gasteiger partial charge in [-0.05, 0) is 24.6 Å². The molecule has 112 valence electrons. The maximum atomic E-state index is 12.4. The number of aromatic nitrogens is 2. The third kappa shape index (κ3) is 2.17. The van der Waals surface area contributed by atoms with Crippen molar-refractivity contribution in [2.24, 2.45) is 0 Å². The molecule has 1 aliphatic rings. The molecule has 1 atom stereocenters. The SMILES string of the molecule is CN1CCC(n2c(C(C)(C)C)nc3cc(N)ccc32)C1=O. The maximum Gasteiger partial charge on any atom is 0.245 e. The van der Waals surface area contributed by atoms with E-state index in [2.05, 4.69) is 25.3 Å². The normalized spacial score (nSPS) is 19.7. The molecule has 0 aliphatic carbocycles. The summed E-state index contributed by atoms with van der Waals surface area (Å²) in [4.78, 5) is 19.0. The van der Waals surface area contributed by atoms with Gasteiger partial charge in [0.25, 0.3) is 0 Å². The van der Waals surface area contributed by atoms with Crippen LogP contribution in [0.2, 0.25) is 0 Å². The Morgan fingerprint density at radius 3 is 2.62 bits per heavy atom. The van der Waals surface area contributed by atoms with Crippen molar-refractivity contribution in [1.29, 1.82) is 0 Å². The summed E-state index contributed by atoms with van der Waals surface area (Å²) in [6.45, 7) is 7.16. The van der Waals surface area contributed by atoms with Crippen molar-refractivity contribution >= 4 is 22.6 Å². The van der Waals surface area contributed by atoms with Crippen LogP contribution in [0.25, 0.3) is 11.0 Å². The molecule has 2 N–H and O–H groups in total. The van der Waals surface area contributed by atoms with Crippen molar-refractivity contribution in [2.45, 2.75) is 38.6 Å². The molecule has 1 aromatic carbocycles. The molecular formula is C16H22N4O. The first-order chi connectivity index (χ1) is 9.79. The molecule has 5 heteroatoms. The van der Waals surface area contributed by atoms with E-state index < -0.39 is 0 Å². The van der Waals surface area contributed by atoms with Crippen LogP contribution in [0, 0.1) is 0 Å². The number of hydrogen-bond donors (Lipinski definition) is 1. The van der Waals surface area contributed by atoms with Crippen LogP contribution in [0.1, 0.15) is 39.1 Å². The van der Waals surface area contributed by atoms with Gasteiger partial charge < -0.3 is 15.2 Å². The maximum absolute atomic E-state index is 12.4. The molecule has 1 fully saturated rings. The minimum atomic E-state index is -0.155. The van der Waals surface area contributed by atoms with Gasteiger partial charge in [0.05, 0.1) is 11.0 Å². The number of nitrogens with two attached hydrogens (primary N) is 1. The highest BCUT2D eigenvalue weighted by molar-refractivity contribution is 5.86. The second kappa shape index (κ2) is 4.48. The van der Waals surface area contributed by atoms with Crippen LogP contribution in [0.15, 0.2) is 18.2 Å². The Labute approximate surface area is 124 Å². The number of benzene rings is 1. The number of rotatable bonds is 1. The topological polar surface area (TPSA) is 64.2 Å². The van der Waals surface area contributed by atoms with Gasteiger partial charge in [-0.2, -0.15) is 0 Å². The van der Waals surface area contributed by atoms with E-state index in [1.807, 2.05) is 25.2 Å². The summed E-state index contributed by atoms with van der Waals surface area (Å²) in [6, 6.07) is 5.57. The van der Waals surface area contributed by atoms with Crippen LogP contribution >= 0.6 is 0 Å². The number of carbonyl (C=O) groups excluding carboxylic acids is 1. The molecule has 1 aromatic heterocycles. The fourth-order valence-electron chi connectivity index (χ4n) is 3.00. The number of imidazole rings is 1. The fraction of sp³-hybridized carbons (Fsp3) is 0.500. The third-order valence-electron chi connectivity index (χ3n) is 4.10. The first-order valence-electron chi connectivity index (χ1n) is 7.32. The molecule has 5 nitrogen and oxygen atoms in total. The minimum Gasteiger partial charge on any atom is -0.399 e. The van der Waals surface area contributed by atoms with Gasteiger partial charge in [-0.15, -0.1) is 0 Å². The van der Waals surface area contributed by atoms with E-state index in [9.17, 15) is 4.79 Å². The van der Waals surface area contributed by atoms with Gasteiger partial charge >= 0.3 is 0 Å². The van der Waals surface area contributed by atoms with Crippen molar-refractivity contribution in [1.82, 2.24) is 14.5 Å². The number of likely N-dealkylation sites (tertiary alicyclic amines) is 1. The van der Waals surface area contributed by atoms with E-state index >= 15 is 0 Å². The highest BCUT2D eigenvalue weighted by Crippen LogP contribution is 2.34. The molecule has 1 unspecified atom stereocenters. The largest absolute Gasteiger partial charge is 0.399 e. The average Bonchev–Trinajstić information content (AvgIpc) is 2.91. The Bertz CT molecular complexity index is 711. The van der Waals surface area contributed by atoms with E-state index in [-0.39, 0.29) is 17.4 Å². The fourth-order valence-corrected chi connectivity index (χ4v) is 3.00. The lowest BCUT2D eigenvalue weighted by Gasteiger charge is -2.23. The van der Waals surface area contributed by atoms with E-state index in [1.165, 1.54) is 0 Å². The molecule has 2 heterocycles. The van der Waals surface area contributed by atoms with E-state index in [4.69, 9.17) is 10.7 Å². The Morgan fingerprint density at radius 2 is 2.05 bits per heavy atom. The van der Waals surface area contributed by atoms with Gasteiger partial charge in [0.15, 0.2) is 0 Å². The molecule has 1 saturated heterocycles. The van der Waals surface area contributed by atoms with E-state index in [1.54, 1.807) is 4.90 Å². The first-order valence-corrected chi connectivity index (χ1v) is 7.32. The summed E-state index contributed by atoms with van der Waals surface area (Å²) < 4.78 is 2.11. The average molecular weight is 286 g/mol. The number of amides is 1. The second-order valence-corrected chi connectivity index (χ2v) is 6.87. The predicted molar refractivity (Wildman–Crippen MR) is 84.1 cm³/mol. The molecule has 1 aliphatic heterocycles. The number of nitrogens with zero attached hydrogens (tertiary/aromatic N) is 3. The van der Waals surface area contributed by atoms with Crippen molar-refractivity contribution in [3.8, 4) is 0 Å². The molecular weight excluding hydrogens is 264 g/mol. The molecule has 0 spiro atoms. The summed E-state index contributed by atoms with van der Waals surface area (Å²) >= 11 is 0. The molecule has 21 heavy (non-hydrogen) atoms. The molecule has 0 saturated carbocycles. The monoisotopic (exact) mass is 286 g/mol. The Morgan fingerprint density at radius 1 is 1.33 bits per heavy atom. The van der Waals surface area contributed by atoms with Gasteiger partial charge in [-0.3, -0.25) is 4.79 Å². The number of nitrogen functional groups attached to an aromatic ring is 1. The zero-order valence-corrected chi connectivity index (χ0v) is 13.1. The number of anilines is 1. The van der Waals surface area contributed by atoms with Crippen LogP contribution in [0.4, 0.5) is 5.69 Å². The van der Waals surface area contributed by atoms with Gasteiger partial charge in [-0.1, -0.05) is 20.8 Å². The van der Waals surface area contributed by atoms with Gasteiger partial charge in [0.2, 0.25) is 5.91 Å². The Hall–Kier alpha value is -2.04. The Kier molecular flexibility index (Phi) is 2.97. The number of hydrogen-bond acceptors (Lipinski definition) is 3. The summed E-state index contributed by atoms with van der Waals surface area (Å²) in [6.07, 6.45) is 0.828. The van der Waals surface area contributed by atoms with Crippen LogP contribution in [0.5, 0.6) is 0 Å². The molecule has 0 radical (unpaired) electrons. The quantitative estimate of drug-likeness (QED) is 0.818. The minimum absolute atomic E-state index is 0.130. The van der Waals surface area contributed by atoms with Gasteiger partial charge in [0, 0.05) is 24.7 Å². The van der Waals surface area contributed by atoms with Crippen molar-refractivity contribution < 1.29 is 4.79 Å². The lowest BCUT2D eigenvalue weighted by Crippen LogP contribution is -2.28. The summed E-state index contributed by atoms with van der Waals surface area (Å²) in [5, 5.41) is 0. The number of fused-ring (bicyclic) bond motifs is 1. The van der Waals surface area contributed by atoms with Gasteiger partial charge in [-0.25, -0.2) is 4.98 Å². The second-order valence-electron chi connectivity index (χ2n) is 6.87. The van der Waals surface area contributed by atoms with Crippen molar-refractivity contribution in [2.75, 3.05) is 19.3 Å². The standard InChI is InChI=1S/C16H22N4O/c1-16(2,3)15-18-11-9-10(17)5-6-12(11)20(15)13-7-8-19(4)14(13)21/h5-6,9,13H,7-8,17H2,1-4H3. The molecule has 0 bridgehead atoms. The van der Waals surface area contributed by atoms with Crippen LogP contribution in [-0.4, -0.2) is 34.0 Å². The van der Waals surface area contributed by atoms with Crippen molar-refractivity contribution in [3.63, 3.8) is 0 Å². The zero-order valence-electron chi connectivity index (χ0n) is 13.1. The number of carbonyl (C=O) groups is 1. The Balaban J connectivity index is 2.26. The lowest BCUT2D eigenvalue weighted by molar-refractivity contribution is -0.129. The van der Waals surface area contributed by atoms with E-state index in [0.29, 0.717) is 5.69 Å². The third-order valence-corrected chi connectivity index (χ3v) is 4.10.